The lowest BCUT2D eigenvalue weighted by Crippen LogP contribution is -2.15. The normalized spacial score (nSPS) is 13.0. The van der Waals surface area contributed by atoms with Gasteiger partial charge in [0.05, 0.1) is 0 Å². The van der Waals surface area contributed by atoms with Crippen molar-refractivity contribution in [1.82, 2.24) is 0 Å². The molecule has 0 saturated heterocycles. The monoisotopic (exact) mass is 764 g/mol. The largest absolute Gasteiger partial charge is 0.455 e. The Bertz CT molecular complexity index is 3630. The fourth-order valence-corrected chi connectivity index (χ4v) is 10.4. The van der Waals surface area contributed by atoms with E-state index in [0.29, 0.717) is 0 Å². The maximum absolute atomic E-state index is 6.66. The van der Waals surface area contributed by atoms with E-state index >= 15 is 0 Å². The second-order valence-corrected chi connectivity index (χ2v) is 16.7. The zero-order chi connectivity index (χ0) is 40.0. The first kappa shape index (κ1) is 34.6. The van der Waals surface area contributed by atoms with Crippen LogP contribution in [0.2, 0.25) is 0 Å². The highest BCUT2D eigenvalue weighted by Crippen LogP contribution is 2.57. The highest BCUT2D eigenvalue weighted by molar-refractivity contribution is 6.24. The number of benzene rings is 9. The summed E-state index contributed by atoms with van der Waals surface area (Å²) < 4.78 is 6.66. The van der Waals surface area contributed by atoms with Gasteiger partial charge >= 0.3 is 0 Å². The summed E-state index contributed by atoms with van der Waals surface area (Å²) >= 11 is 0. The van der Waals surface area contributed by atoms with Crippen LogP contribution in [0.1, 0.15) is 25.0 Å². The quantitative estimate of drug-likeness (QED) is 0.175. The van der Waals surface area contributed by atoms with Gasteiger partial charge in [-0.25, -0.2) is 0 Å². The molecule has 12 rings (SSSR count). The van der Waals surface area contributed by atoms with Gasteiger partial charge in [0.2, 0.25) is 0 Å². The molecule has 0 bridgehead atoms. The Kier molecular flexibility index (Phi) is 7.65. The van der Waals surface area contributed by atoms with Gasteiger partial charge in [0, 0.05) is 21.6 Å². The summed E-state index contributed by atoms with van der Waals surface area (Å²) in [5, 5.41) is 12.2. The van der Waals surface area contributed by atoms with Crippen molar-refractivity contribution in [3.63, 3.8) is 0 Å². The Morgan fingerprint density at radius 2 is 0.817 bits per heavy atom. The van der Waals surface area contributed by atoms with Gasteiger partial charge in [0.25, 0.3) is 0 Å². The Labute approximate surface area is 349 Å². The van der Waals surface area contributed by atoms with Crippen LogP contribution in [0.3, 0.4) is 0 Å². The zero-order valence-corrected chi connectivity index (χ0v) is 33.5. The summed E-state index contributed by atoms with van der Waals surface area (Å²) in [4.78, 5) is 0. The molecule has 0 spiro atoms. The van der Waals surface area contributed by atoms with Crippen molar-refractivity contribution < 1.29 is 4.42 Å². The minimum absolute atomic E-state index is 0.233. The third-order valence-corrected chi connectivity index (χ3v) is 13.1. The van der Waals surface area contributed by atoms with Crippen LogP contribution in [-0.4, -0.2) is 0 Å². The van der Waals surface area contributed by atoms with E-state index in [-0.39, 0.29) is 5.41 Å². The summed E-state index contributed by atoms with van der Waals surface area (Å²) in [5.74, 6) is 0. The molecule has 0 N–H and O–H groups in total. The van der Waals surface area contributed by atoms with Gasteiger partial charge in [0.15, 0.2) is 0 Å². The first-order valence-electron chi connectivity index (χ1n) is 20.9. The van der Waals surface area contributed by atoms with Gasteiger partial charge in [-0.15, -0.1) is 0 Å². The molecular weight excluding hydrogens is 725 g/mol. The van der Waals surface area contributed by atoms with Crippen LogP contribution < -0.4 is 0 Å². The topological polar surface area (TPSA) is 13.1 Å². The van der Waals surface area contributed by atoms with Gasteiger partial charge in [0.1, 0.15) is 11.2 Å². The van der Waals surface area contributed by atoms with Crippen LogP contribution >= 0.6 is 0 Å². The van der Waals surface area contributed by atoms with Crippen LogP contribution in [0, 0.1) is 0 Å². The van der Waals surface area contributed by atoms with Crippen LogP contribution in [-0.2, 0) is 5.41 Å². The lowest BCUT2D eigenvalue weighted by atomic mass is 9.79. The van der Waals surface area contributed by atoms with Crippen molar-refractivity contribution in [2.24, 2.45) is 0 Å². The van der Waals surface area contributed by atoms with Crippen molar-refractivity contribution in [3.8, 4) is 44.5 Å². The summed E-state index contributed by atoms with van der Waals surface area (Å²) in [6, 6.07) is 75.5. The summed E-state index contributed by atoms with van der Waals surface area (Å²) in [7, 11) is 0. The van der Waals surface area contributed by atoms with Crippen LogP contribution in [0.25, 0.3) is 110 Å². The first-order chi connectivity index (χ1) is 29.6. The van der Waals surface area contributed by atoms with Crippen molar-refractivity contribution in [2.75, 3.05) is 0 Å². The maximum Gasteiger partial charge on any atom is 0.143 e. The van der Waals surface area contributed by atoms with Crippen LogP contribution in [0.15, 0.2) is 211 Å². The first-order valence-corrected chi connectivity index (χ1v) is 20.9. The molecule has 1 nitrogen and oxygen atoms in total. The molecule has 1 aliphatic carbocycles. The average molecular weight is 765 g/mol. The van der Waals surface area contributed by atoms with E-state index in [1.165, 1.54) is 109 Å². The number of rotatable bonds is 3. The van der Waals surface area contributed by atoms with E-state index < -0.39 is 0 Å². The minimum atomic E-state index is -0.233. The molecule has 1 aliphatic rings. The van der Waals surface area contributed by atoms with Crippen LogP contribution in [0.5, 0.6) is 0 Å². The molecule has 11 aromatic rings. The van der Waals surface area contributed by atoms with E-state index in [9.17, 15) is 0 Å². The lowest BCUT2D eigenvalue weighted by molar-refractivity contribution is 0.664. The Balaban J connectivity index is 1.08. The van der Waals surface area contributed by atoms with Gasteiger partial charge in [-0.1, -0.05) is 208 Å². The number of hydrogen-bond acceptors (Lipinski definition) is 1. The van der Waals surface area contributed by atoms with Gasteiger partial charge < -0.3 is 4.42 Å². The molecule has 1 aromatic heterocycles. The maximum atomic E-state index is 6.66. The smallest absolute Gasteiger partial charge is 0.143 e. The van der Waals surface area contributed by atoms with Crippen molar-refractivity contribution in [2.45, 2.75) is 19.3 Å². The second-order valence-electron chi connectivity index (χ2n) is 16.7. The third-order valence-electron chi connectivity index (χ3n) is 13.1. The third kappa shape index (κ3) is 5.06. The average Bonchev–Trinajstić information content (AvgIpc) is 3.80. The molecule has 1 heteroatoms. The summed E-state index contributed by atoms with van der Waals surface area (Å²) in [6.07, 6.45) is 0. The standard InChI is InChI=1S/C59H40O/c1-59(2)53-36-38(32-33-51(53)55-56-52-29-15-16-31-54(52)60-58(56)50-28-14-13-27-49(50)57(55)59)40-34-35-48(44-24-10-9-23-41(40)44)47-22-6-4-3-5-21-43(45-25-11-12-26-46(45)47)42-30-17-19-37-18-7-8-20-39(37)42/h3-36H,1-2H3. The van der Waals surface area contributed by atoms with Crippen molar-refractivity contribution >= 4 is 65.0 Å². The Morgan fingerprint density at radius 1 is 0.350 bits per heavy atom. The minimum Gasteiger partial charge on any atom is -0.455 e. The molecule has 10 aromatic carbocycles. The van der Waals surface area contributed by atoms with Crippen molar-refractivity contribution in [1.29, 1.82) is 0 Å². The molecule has 1 heterocycles. The SMILES string of the molecule is CC1(C)c2cc(-c3ccc(-c4ccccccc(-c5cccc6ccccc56)c5ccccc45)c4ccccc34)ccc2-c2c1c1ccccc1c1oc3ccccc3c21. The van der Waals surface area contributed by atoms with Gasteiger partial charge in [-0.2, -0.15) is 0 Å². The molecule has 0 unspecified atom stereocenters. The number of para-hydroxylation sites is 1. The number of furan rings is 1. The molecule has 0 saturated carbocycles. The van der Waals surface area contributed by atoms with E-state index in [1.807, 2.05) is 0 Å². The highest BCUT2D eigenvalue weighted by Gasteiger charge is 2.40. The summed E-state index contributed by atoms with van der Waals surface area (Å²) in [6.45, 7) is 4.80. The van der Waals surface area contributed by atoms with E-state index in [1.54, 1.807) is 0 Å². The Morgan fingerprint density at radius 3 is 1.52 bits per heavy atom. The molecule has 282 valence electrons. The predicted molar refractivity (Wildman–Crippen MR) is 255 cm³/mol. The predicted octanol–water partition coefficient (Wildman–Crippen LogP) is 16.6. The molecule has 60 heavy (non-hydrogen) atoms. The molecular formula is C59H40O. The highest BCUT2D eigenvalue weighted by atomic mass is 16.3. The lowest BCUT2D eigenvalue weighted by Gasteiger charge is -2.24. The van der Waals surface area contributed by atoms with E-state index in [2.05, 4.69) is 220 Å². The molecule has 0 fully saturated rings. The van der Waals surface area contributed by atoms with E-state index in [0.717, 1.165) is 11.2 Å². The second kappa shape index (κ2) is 13.3. The van der Waals surface area contributed by atoms with Gasteiger partial charge in [-0.3, -0.25) is 0 Å². The summed E-state index contributed by atoms with van der Waals surface area (Å²) in [5.41, 5.74) is 14.3. The van der Waals surface area contributed by atoms with Crippen LogP contribution in [0.4, 0.5) is 0 Å². The fraction of sp³-hybridized carbons (Fsp3) is 0.0508. The fourth-order valence-electron chi connectivity index (χ4n) is 10.4. The van der Waals surface area contributed by atoms with Gasteiger partial charge in [-0.05, 0) is 105 Å². The molecule has 0 aliphatic heterocycles. The van der Waals surface area contributed by atoms with Crippen molar-refractivity contribution in [3.05, 3.63) is 217 Å². The van der Waals surface area contributed by atoms with E-state index in [4.69, 9.17) is 4.42 Å². The molecule has 0 amide bonds. The number of fused-ring (bicyclic) bond motifs is 13. The molecule has 0 atom stereocenters. The molecule has 0 radical (unpaired) electrons. The number of hydrogen-bond donors (Lipinski definition) is 0. The Hall–Kier alpha value is -7.48. The zero-order valence-electron chi connectivity index (χ0n) is 33.5.